The first-order valence-corrected chi connectivity index (χ1v) is 6.91. The van der Waals surface area contributed by atoms with Gasteiger partial charge in [-0.15, -0.1) is 12.4 Å². The maximum absolute atomic E-state index is 12.0. The summed E-state index contributed by atoms with van der Waals surface area (Å²) in [5, 5.41) is 8.86. The van der Waals surface area contributed by atoms with Gasteiger partial charge in [0.15, 0.2) is 0 Å². The van der Waals surface area contributed by atoms with Crippen molar-refractivity contribution >= 4 is 35.7 Å². The molecule has 7 heteroatoms. The number of amides is 3. The van der Waals surface area contributed by atoms with Gasteiger partial charge in [-0.3, -0.25) is 9.69 Å². The van der Waals surface area contributed by atoms with Gasteiger partial charge in [0.25, 0.3) is 0 Å². The summed E-state index contributed by atoms with van der Waals surface area (Å²) in [5.41, 5.74) is 1.62. The fourth-order valence-corrected chi connectivity index (χ4v) is 2.57. The van der Waals surface area contributed by atoms with Crippen LogP contribution in [0.2, 0.25) is 0 Å². The lowest BCUT2D eigenvalue weighted by atomic mass is 10.1. The summed E-state index contributed by atoms with van der Waals surface area (Å²) in [4.78, 5) is 25.2. The van der Waals surface area contributed by atoms with Crippen LogP contribution in [-0.2, 0) is 4.79 Å². The van der Waals surface area contributed by atoms with E-state index in [9.17, 15) is 9.59 Å². The molecule has 2 aliphatic heterocycles. The van der Waals surface area contributed by atoms with E-state index in [-0.39, 0.29) is 30.3 Å². The van der Waals surface area contributed by atoms with Gasteiger partial charge in [-0.25, -0.2) is 4.79 Å². The molecule has 2 heterocycles. The van der Waals surface area contributed by atoms with E-state index in [2.05, 4.69) is 16.0 Å². The topological polar surface area (TPSA) is 73.5 Å². The van der Waals surface area contributed by atoms with Gasteiger partial charge in [-0.05, 0) is 37.2 Å². The third-order valence-corrected chi connectivity index (χ3v) is 3.73. The number of carbonyl (C=O) groups is 2. The predicted octanol–water partition coefficient (Wildman–Crippen LogP) is 1.19. The average molecular weight is 311 g/mol. The molecule has 1 unspecified atom stereocenters. The Morgan fingerprint density at radius 1 is 1.24 bits per heavy atom. The van der Waals surface area contributed by atoms with Crippen molar-refractivity contribution in [3.8, 4) is 0 Å². The maximum atomic E-state index is 12.0. The van der Waals surface area contributed by atoms with E-state index in [0.717, 1.165) is 30.9 Å². The van der Waals surface area contributed by atoms with Crippen molar-refractivity contribution in [3.63, 3.8) is 0 Å². The molecule has 114 valence electrons. The van der Waals surface area contributed by atoms with Crippen molar-refractivity contribution in [1.29, 1.82) is 0 Å². The van der Waals surface area contributed by atoms with Crippen LogP contribution in [0.3, 0.4) is 0 Å². The number of nitrogens with one attached hydrogen (secondary N) is 3. The zero-order valence-corrected chi connectivity index (χ0v) is 12.4. The first-order valence-electron chi connectivity index (χ1n) is 6.91. The van der Waals surface area contributed by atoms with Gasteiger partial charge in [0, 0.05) is 31.0 Å². The molecule has 1 atom stereocenters. The molecule has 6 nitrogen and oxygen atoms in total. The van der Waals surface area contributed by atoms with E-state index >= 15 is 0 Å². The van der Waals surface area contributed by atoms with Crippen LogP contribution in [0.15, 0.2) is 24.3 Å². The van der Waals surface area contributed by atoms with Crippen molar-refractivity contribution < 1.29 is 9.59 Å². The Morgan fingerprint density at radius 2 is 2.00 bits per heavy atom. The van der Waals surface area contributed by atoms with Crippen molar-refractivity contribution in [2.45, 2.75) is 6.42 Å². The lowest BCUT2D eigenvalue weighted by Gasteiger charge is -2.15. The molecule has 2 aliphatic rings. The van der Waals surface area contributed by atoms with Gasteiger partial charge in [0.05, 0.1) is 5.92 Å². The second-order valence-electron chi connectivity index (χ2n) is 5.11. The monoisotopic (exact) mass is 310 g/mol. The standard InChI is InChI=1S/C14H18N4O2.ClH/c19-13(10-5-6-15-9-10)17-11-1-3-12(4-2-11)18-8-7-16-14(18)20;/h1-4,10,15H,5-9H2,(H,16,20)(H,17,19);1H. The molecule has 3 amide bonds. The number of halogens is 1. The Morgan fingerprint density at radius 3 is 2.57 bits per heavy atom. The molecule has 0 aromatic heterocycles. The van der Waals surface area contributed by atoms with Gasteiger partial charge in [-0.2, -0.15) is 0 Å². The minimum Gasteiger partial charge on any atom is -0.336 e. The normalized spacial score (nSPS) is 20.9. The lowest BCUT2D eigenvalue weighted by Crippen LogP contribution is -2.27. The minimum absolute atomic E-state index is 0. The summed E-state index contributed by atoms with van der Waals surface area (Å²) < 4.78 is 0. The summed E-state index contributed by atoms with van der Waals surface area (Å²) in [7, 11) is 0. The maximum Gasteiger partial charge on any atom is 0.321 e. The van der Waals surface area contributed by atoms with Crippen LogP contribution in [0, 0.1) is 5.92 Å². The Labute approximate surface area is 129 Å². The SMILES string of the molecule is Cl.O=C(Nc1ccc(N2CCNC2=O)cc1)C1CCNC1. The summed E-state index contributed by atoms with van der Waals surface area (Å²) in [6.07, 6.45) is 0.887. The van der Waals surface area contributed by atoms with Crippen molar-refractivity contribution in [2.24, 2.45) is 5.92 Å². The number of hydrogen-bond acceptors (Lipinski definition) is 3. The Bertz CT molecular complexity index is 514. The summed E-state index contributed by atoms with van der Waals surface area (Å²) in [6.45, 7) is 3.00. The molecule has 0 radical (unpaired) electrons. The number of anilines is 2. The van der Waals surface area contributed by atoms with Crippen LogP contribution in [0.25, 0.3) is 0 Å². The van der Waals surface area contributed by atoms with Crippen LogP contribution in [0.4, 0.5) is 16.2 Å². The summed E-state index contributed by atoms with van der Waals surface area (Å²) in [5.74, 6) is 0.112. The van der Waals surface area contributed by atoms with E-state index in [0.29, 0.717) is 13.1 Å². The van der Waals surface area contributed by atoms with Gasteiger partial charge in [0.2, 0.25) is 5.91 Å². The van der Waals surface area contributed by atoms with E-state index < -0.39 is 0 Å². The molecule has 2 saturated heterocycles. The third-order valence-electron chi connectivity index (χ3n) is 3.73. The minimum atomic E-state index is -0.0705. The van der Waals surface area contributed by atoms with E-state index in [4.69, 9.17) is 0 Å². The number of carbonyl (C=O) groups excluding carboxylic acids is 2. The smallest absolute Gasteiger partial charge is 0.321 e. The molecule has 21 heavy (non-hydrogen) atoms. The Kier molecular flexibility index (Phi) is 5.03. The fourth-order valence-electron chi connectivity index (χ4n) is 2.57. The van der Waals surface area contributed by atoms with Crippen LogP contribution >= 0.6 is 12.4 Å². The van der Waals surface area contributed by atoms with Crippen LogP contribution in [0.1, 0.15) is 6.42 Å². The van der Waals surface area contributed by atoms with Crippen LogP contribution in [0.5, 0.6) is 0 Å². The highest BCUT2D eigenvalue weighted by Gasteiger charge is 2.23. The molecule has 1 aromatic carbocycles. The van der Waals surface area contributed by atoms with E-state index in [1.54, 1.807) is 4.90 Å². The first kappa shape index (κ1) is 15.6. The molecule has 0 aliphatic carbocycles. The molecule has 0 spiro atoms. The average Bonchev–Trinajstić information content (AvgIpc) is 3.11. The number of urea groups is 1. The zero-order chi connectivity index (χ0) is 13.9. The van der Waals surface area contributed by atoms with Gasteiger partial charge in [0.1, 0.15) is 0 Å². The second kappa shape index (κ2) is 6.78. The number of benzene rings is 1. The van der Waals surface area contributed by atoms with Crippen LogP contribution in [-0.4, -0.2) is 38.1 Å². The molecule has 3 N–H and O–H groups in total. The highest BCUT2D eigenvalue weighted by Crippen LogP contribution is 2.20. The van der Waals surface area contributed by atoms with E-state index in [1.807, 2.05) is 24.3 Å². The third kappa shape index (κ3) is 3.46. The summed E-state index contributed by atoms with van der Waals surface area (Å²) in [6, 6.07) is 7.31. The van der Waals surface area contributed by atoms with Crippen LogP contribution < -0.4 is 20.9 Å². The number of nitrogens with zero attached hydrogens (tertiary/aromatic N) is 1. The number of hydrogen-bond donors (Lipinski definition) is 3. The second-order valence-corrected chi connectivity index (χ2v) is 5.11. The first-order chi connectivity index (χ1) is 9.74. The molecular weight excluding hydrogens is 292 g/mol. The van der Waals surface area contributed by atoms with Crippen molar-refractivity contribution in [3.05, 3.63) is 24.3 Å². The number of rotatable bonds is 3. The Balaban J connectivity index is 0.00000161. The van der Waals surface area contributed by atoms with Gasteiger partial charge in [-0.1, -0.05) is 0 Å². The Hall–Kier alpha value is -1.79. The van der Waals surface area contributed by atoms with Gasteiger partial charge < -0.3 is 16.0 Å². The molecular formula is C14H19ClN4O2. The summed E-state index contributed by atoms with van der Waals surface area (Å²) >= 11 is 0. The van der Waals surface area contributed by atoms with Crippen molar-refractivity contribution in [1.82, 2.24) is 10.6 Å². The molecule has 2 fully saturated rings. The zero-order valence-electron chi connectivity index (χ0n) is 11.6. The lowest BCUT2D eigenvalue weighted by molar-refractivity contribution is -0.119. The molecule has 3 rings (SSSR count). The molecule has 1 aromatic rings. The highest BCUT2D eigenvalue weighted by atomic mass is 35.5. The molecule has 0 bridgehead atoms. The van der Waals surface area contributed by atoms with E-state index in [1.165, 1.54) is 0 Å². The quantitative estimate of drug-likeness (QED) is 0.785. The van der Waals surface area contributed by atoms with Gasteiger partial charge >= 0.3 is 6.03 Å². The highest BCUT2D eigenvalue weighted by molar-refractivity contribution is 5.95. The van der Waals surface area contributed by atoms with Crippen molar-refractivity contribution in [2.75, 3.05) is 36.4 Å². The largest absolute Gasteiger partial charge is 0.336 e. The molecule has 0 saturated carbocycles. The fraction of sp³-hybridized carbons (Fsp3) is 0.429. The predicted molar refractivity (Wildman–Crippen MR) is 84.0 cm³/mol.